The molecule has 4 aromatic rings. The van der Waals surface area contributed by atoms with Crippen LogP contribution in [0.1, 0.15) is 5.56 Å². The number of nitrogens with one attached hydrogen (secondary N) is 2. The molecule has 0 fully saturated rings. The van der Waals surface area contributed by atoms with Crippen molar-refractivity contribution < 1.29 is 31.5 Å². The number of benzene rings is 2. The summed E-state index contributed by atoms with van der Waals surface area (Å²) in [6.45, 7) is 0. The van der Waals surface area contributed by atoms with Crippen molar-refractivity contribution in [2.24, 2.45) is 0 Å². The highest BCUT2D eigenvalue weighted by Gasteiger charge is 2.36. The molecule has 37 heavy (non-hydrogen) atoms. The van der Waals surface area contributed by atoms with Gasteiger partial charge in [0.05, 0.1) is 28.7 Å². The Bertz CT molecular complexity index is 1450. The summed E-state index contributed by atoms with van der Waals surface area (Å²) in [7, 11) is 0. The van der Waals surface area contributed by atoms with Crippen molar-refractivity contribution in [3.8, 4) is 22.9 Å². The fourth-order valence-electron chi connectivity index (χ4n) is 3.08. The van der Waals surface area contributed by atoms with Crippen molar-refractivity contribution in [1.29, 1.82) is 0 Å². The number of alkyl halides is 3. The lowest BCUT2D eigenvalue weighted by atomic mass is 10.1. The Kier molecular flexibility index (Phi) is 7.07. The van der Waals surface area contributed by atoms with Gasteiger partial charge < -0.3 is 21.1 Å². The molecule has 2 aromatic heterocycles. The molecular formula is C23H14ClF5N6O2. The number of halogens is 6. The largest absolute Gasteiger partial charge is 0.424 e. The fourth-order valence-corrected chi connectivity index (χ4v) is 3.24. The molecule has 8 nitrogen and oxygen atoms in total. The van der Waals surface area contributed by atoms with Crippen LogP contribution in [0.3, 0.4) is 0 Å². The van der Waals surface area contributed by atoms with E-state index in [1.54, 1.807) is 35.6 Å². The van der Waals surface area contributed by atoms with E-state index in [-0.39, 0.29) is 17.8 Å². The molecular weight excluding hydrogens is 523 g/mol. The fraction of sp³-hybridized carbons (Fsp3) is 0.0435. The summed E-state index contributed by atoms with van der Waals surface area (Å²) >= 11 is 5.96. The zero-order valence-electron chi connectivity index (χ0n) is 18.3. The van der Waals surface area contributed by atoms with Gasteiger partial charge in [-0.2, -0.15) is 13.2 Å². The summed E-state index contributed by atoms with van der Waals surface area (Å²) < 4.78 is 72.0. The van der Waals surface area contributed by atoms with E-state index in [1.165, 1.54) is 6.20 Å². The summed E-state index contributed by atoms with van der Waals surface area (Å²) in [6.07, 6.45) is -1.41. The van der Waals surface area contributed by atoms with Crippen LogP contribution >= 0.6 is 11.6 Å². The summed E-state index contributed by atoms with van der Waals surface area (Å²) in [5.74, 6) is -2.68. The highest BCUT2D eigenvalue weighted by Crippen LogP contribution is 2.35. The van der Waals surface area contributed by atoms with Crippen LogP contribution in [0.15, 0.2) is 61.1 Å². The monoisotopic (exact) mass is 536 g/mol. The average Bonchev–Trinajstić information content (AvgIpc) is 2.84. The van der Waals surface area contributed by atoms with Gasteiger partial charge in [-0.05, 0) is 35.9 Å². The number of carbonyl (C=O) groups is 1. The van der Waals surface area contributed by atoms with Crippen LogP contribution in [-0.4, -0.2) is 21.0 Å². The first kappa shape index (κ1) is 25.6. The number of hydrogen-bond donors (Lipinski definition) is 3. The van der Waals surface area contributed by atoms with Gasteiger partial charge in [0, 0.05) is 11.8 Å². The van der Waals surface area contributed by atoms with E-state index in [1.807, 2.05) is 0 Å². The molecule has 0 atom stereocenters. The Morgan fingerprint density at radius 1 is 0.946 bits per heavy atom. The van der Waals surface area contributed by atoms with Crippen LogP contribution in [0.5, 0.6) is 11.8 Å². The molecule has 0 unspecified atom stereocenters. The molecule has 0 aliphatic carbocycles. The highest BCUT2D eigenvalue weighted by molar-refractivity contribution is 6.30. The van der Waals surface area contributed by atoms with Gasteiger partial charge in [0.2, 0.25) is 0 Å². The number of rotatable bonds is 5. The molecule has 0 spiro atoms. The lowest BCUT2D eigenvalue weighted by molar-refractivity contribution is -0.139. The molecule has 0 aliphatic rings. The first-order chi connectivity index (χ1) is 17.5. The highest BCUT2D eigenvalue weighted by atomic mass is 35.5. The maximum atomic E-state index is 14.1. The van der Waals surface area contributed by atoms with E-state index in [0.717, 1.165) is 18.0 Å². The molecule has 0 radical (unpaired) electrons. The number of aromatic nitrogens is 3. The van der Waals surface area contributed by atoms with Crippen molar-refractivity contribution in [2.75, 3.05) is 16.4 Å². The molecule has 0 aliphatic heterocycles. The third kappa shape index (κ3) is 6.01. The van der Waals surface area contributed by atoms with Crippen molar-refractivity contribution in [1.82, 2.24) is 15.0 Å². The molecule has 2 aromatic carbocycles. The number of pyridine rings is 1. The van der Waals surface area contributed by atoms with Crippen LogP contribution in [0, 0.1) is 11.6 Å². The molecule has 0 bridgehead atoms. The zero-order chi connectivity index (χ0) is 26.7. The van der Waals surface area contributed by atoms with Crippen LogP contribution in [0.25, 0.3) is 11.1 Å². The Labute approximate surface area is 210 Å². The third-order valence-electron chi connectivity index (χ3n) is 4.78. The predicted molar refractivity (Wildman–Crippen MR) is 125 cm³/mol. The maximum absolute atomic E-state index is 14.1. The van der Waals surface area contributed by atoms with E-state index in [4.69, 9.17) is 22.1 Å². The standard InChI is InChI=1S/C23H14ClF5N6O2/c24-12-7-15(20(30)31-8-12)11-1-3-14(4-2-11)37-22-32-9-13(10-33-22)34-21(36)35-19-17(25)6-5-16(18(19)26)23(27,28)29/h1-10H,(H2,30,31)(H2,34,35,36). The molecule has 0 saturated carbocycles. The first-order valence-electron chi connectivity index (χ1n) is 10.2. The quantitative estimate of drug-likeness (QED) is 0.251. The summed E-state index contributed by atoms with van der Waals surface area (Å²) in [5, 5.41) is 4.29. The van der Waals surface area contributed by atoms with Crippen molar-refractivity contribution >= 4 is 34.8 Å². The topological polar surface area (TPSA) is 115 Å². The van der Waals surface area contributed by atoms with Crippen LogP contribution in [-0.2, 0) is 6.18 Å². The predicted octanol–water partition coefficient (Wildman–Crippen LogP) is 6.51. The van der Waals surface area contributed by atoms with Crippen molar-refractivity contribution in [3.05, 3.63) is 83.3 Å². The van der Waals surface area contributed by atoms with E-state index < -0.39 is 35.1 Å². The number of carbonyl (C=O) groups excluding carboxylic acids is 1. The van der Waals surface area contributed by atoms with E-state index in [9.17, 15) is 26.7 Å². The minimum atomic E-state index is -5.07. The van der Waals surface area contributed by atoms with Crippen molar-refractivity contribution in [3.63, 3.8) is 0 Å². The SMILES string of the molecule is Nc1ncc(Cl)cc1-c1ccc(Oc2ncc(NC(=O)Nc3c(F)ccc(C(F)(F)F)c3F)cn2)cc1. The summed E-state index contributed by atoms with van der Waals surface area (Å²) in [4.78, 5) is 23.9. The number of urea groups is 1. The van der Waals surface area contributed by atoms with Gasteiger partial charge in [-0.15, -0.1) is 0 Å². The molecule has 4 rings (SSSR count). The number of ether oxygens (including phenoxy) is 1. The van der Waals surface area contributed by atoms with Crippen LogP contribution in [0.2, 0.25) is 5.02 Å². The van der Waals surface area contributed by atoms with E-state index in [0.29, 0.717) is 28.2 Å². The maximum Gasteiger partial charge on any atom is 0.419 e. The second-order valence-corrected chi connectivity index (χ2v) is 7.76. The number of hydrogen-bond acceptors (Lipinski definition) is 6. The molecule has 14 heteroatoms. The van der Waals surface area contributed by atoms with E-state index in [2.05, 4.69) is 20.3 Å². The lowest BCUT2D eigenvalue weighted by Gasteiger charge is -2.13. The number of nitrogens with two attached hydrogens (primary N) is 1. The lowest BCUT2D eigenvalue weighted by Crippen LogP contribution is -2.22. The number of anilines is 3. The minimum Gasteiger partial charge on any atom is -0.424 e. The first-order valence-corrected chi connectivity index (χ1v) is 10.5. The van der Waals surface area contributed by atoms with E-state index >= 15 is 0 Å². The average molecular weight is 537 g/mol. The summed E-state index contributed by atoms with van der Waals surface area (Å²) in [6, 6.07) is 7.64. The smallest absolute Gasteiger partial charge is 0.419 e. The van der Waals surface area contributed by atoms with Gasteiger partial charge in [0.25, 0.3) is 0 Å². The number of amides is 2. The second-order valence-electron chi connectivity index (χ2n) is 7.33. The third-order valence-corrected chi connectivity index (χ3v) is 4.99. The number of nitrogens with zero attached hydrogens (tertiary/aromatic N) is 3. The second kappa shape index (κ2) is 10.2. The summed E-state index contributed by atoms with van der Waals surface area (Å²) in [5.41, 5.74) is 4.23. The zero-order valence-corrected chi connectivity index (χ0v) is 19.0. The number of nitrogen functional groups attached to an aromatic ring is 1. The van der Waals surface area contributed by atoms with Gasteiger partial charge in [0.15, 0.2) is 5.82 Å². The van der Waals surface area contributed by atoms with Gasteiger partial charge >= 0.3 is 18.2 Å². The molecule has 2 amide bonds. The Balaban J connectivity index is 1.40. The van der Waals surface area contributed by atoms with Gasteiger partial charge in [-0.3, -0.25) is 0 Å². The van der Waals surface area contributed by atoms with Gasteiger partial charge in [-0.25, -0.2) is 28.5 Å². The normalized spacial score (nSPS) is 11.2. The van der Waals surface area contributed by atoms with Crippen LogP contribution < -0.4 is 21.1 Å². The minimum absolute atomic E-state index is 0.0306. The Hall–Kier alpha value is -4.52. The Morgan fingerprint density at radius 3 is 2.27 bits per heavy atom. The van der Waals surface area contributed by atoms with Crippen LogP contribution in [0.4, 0.5) is 43.9 Å². The van der Waals surface area contributed by atoms with Crippen molar-refractivity contribution in [2.45, 2.75) is 6.18 Å². The van der Waals surface area contributed by atoms with Gasteiger partial charge in [-0.1, -0.05) is 23.7 Å². The van der Waals surface area contributed by atoms with Gasteiger partial charge in [0.1, 0.15) is 23.1 Å². The molecule has 4 N–H and O–H groups in total. The Morgan fingerprint density at radius 2 is 1.62 bits per heavy atom. The molecule has 0 saturated heterocycles. The molecule has 2 heterocycles. The molecule has 190 valence electrons.